The maximum Gasteiger partial charge on any atom is 0.273 e. The zero-order valence-corrected chi connectivity index (χ0v) is 12.5. The van der Waals surface area contributed by atoms with Gasteiger partial charge in [0.05, 0.1) is 5.70 Å². The van der Waals surface area contributed by atoms with E-state index in [1.807, 2.05) is 26.0 Å². The van der Waals surface area contributed by atoms with Crippen LogP contribution in [0.4, 0.5) is 0 Å². The lowest BCUT2D eigenvalue weighted by atomic mass is 10.1. The Morgan fingerprint density at radius 1 is 1.20 bits per heavy atom. The predicted octanol–water partition coefficient (Wildman–Crippen LogP) is 4.03. The van der Waals surface area contributed by atoms with Crippen LogP contribution >= 0.6 is 11.6 Å². The van der Waals surface area contributed by atoms with E-state index in [-0.39, 0.29) is 5.71 Å². The molecule has 0 fully saturated rings. The highest BCUT2D eigenvalue weighted by Gasteiger charge is 2.12. The van der Waals surface area contributed by atoms with E-state index in [9.17, 15) is 4.79 Å². The molecule has 0 aromatic rings. The van der Waals surface area contributed by atoms with Crippen molar-refractivity contribution >= 4 is 22.6 Å². The first kappa shape index (κ1) is 17.9. The fraction of sp³-hybridized carbons (Fsp3) is 0.125. The molecule has 0 aliphatic carbocycles. The van der Waals surface area contributed by atoms with Crippen LogP contribution in [0.1, 0.15) is 13.8 Å². The molecule has 1 N–H and O–H groups in total. The highest BCUT2D eigenvalue weighted by atomic mass is 35.5. The van der Waals surface area contributed by atoms with Gasteiger partial charge in [-0.25, -0.2) is 0 Å². The van der Waals surface area contributed by atoms with Gasteiger partial charge in [0.2, 0.25) is 0 Å². The van der Waals surface area contributed by atoms with Crippen LogP contribution in [0.5, 0.6) is 0 Å². The molecular weight excluding hydrogens is 272 g/mol. The normalized spacial score (nSPS) is 13.8. The summed E-state index contributed by atoms with van der Waals surface area (Å²) in [7, 11) is 0. The molecule has 0 bridgehead atoms. The van der Waals surface area contributed by atoms with Crippen molar-refractivity contribution in [2.45, 2.75) is 13.8 Å². The van der Waals surface area contributed by atoms with Crippen LogP contribution in [0.15, 0.2) is 78.1 Å². The Kier molecular flexibility index (Phi) is 9.62. The van der Waals surface area contributed by atoms with Crippen molar-refractivity contribution < 1.29 is 4.79 Å². The lowest BCUT2D eigenvalue weighted by Gasteiger charge is -2.05. The Morgan fingerprint density at radius 2 is 1.90 bits per heavy atom. The molecule has 0 rings (SSSR count). The number of allylic oxidation sites excluding steroid dienone is 9. The van der Waals surface area contributed by atoms with E-state index in [1.165, 1.54) is 0 Å². The smallest absolute Gasteiger partial charge is 0.273 e. The molecule has 0 amide bonds. The van der Waals surface area contributed by atoms with E-state index in [2.05, 4.69) is 23.7 Å². The van der Waals surface area contributed by atoms with Crippen molar-refractivity contribution in [1.29, 1.82) is 0 Å². The molecular formula is C16H19ClN2O. The highest BCUT2D eigenvalue weighted by Crippen LogP contribution is 2.06. The van der Waals surface area contributed by atoms with Gasteiger partial charge in [-0.05, 0) is 37.6 Å². The van der Waals surface area contributed by atoms with E-state index in [4.69, 9.17) is 11.6 Å². The second-order valence-corrected chi connectivity index (χ2v) is 3.90. The van der Waals surface area contributed by atoms with Gasteiger partial charge in [-0.15, -0.1) is 0 Å². The molecule has 0 heterocycles. The molecule has 0 unspecified atom stereocenters. The number of hydrogen-bond acceptors (Lipinski definition) is 3. The van der Waals surface area contributed by atoms with E-state index in [0.717, 1.165) is 0 Å². The van der Waals surface area contributed by atoms with Crippen LogP contribution in [0.2, 0.25) is 0 Å². The van der Waals surface area contributed by atoms with Crippen LogP contribution in [0, 0.1) is 0 Å². The fourth-order valence-electron chi connectivity index (χ4n) is 1.21. The summed E-state index contributed by atoms with van der Waals surface area (Å²) in [6, 6.07) is 0. The molecule has 0 saturated carbocycles. The maximum atomic E-state index is 11.5. The molecule has 0 atom stereocenters. The monoisotopic (exact) mass is 290 g/mol. The number of nitrogens with zero attached hydrogens (tertiary/aromatic N) is 1. The number of carbonyl (C=O) groups is 1. The van der Waals surface area contributed by atoms with Crippen molar-refractivity contribution in [3.63, 3.8) is 0 Å². The summed E-state index contributed by atoms with van der Waals surface area (Å²) in [6.45, 7) is 11.0. The Bertz CT molecular complexity index is 509. The van der Waals surface area contributed by atoms with Gasteiger partial charge in [0, 0.05) is 5.57 Å². The second-order valence-electron chi connectivity index (χ2n) is 3.56. The topological polar surface area (TPSA) is 41.5 Å². The first-order chi connectivity index (χ1) is 9.60. The average molecular weight is 291 g/mol. The minimum atomic E-state index is -0.654. The Hall–Kier alpha value is -2.13. The molecule has 0 spiro atoms. The van der Waals surface area contributed by atoms with Crippen LogP contribution in [0.25, 0.3) is 0 Å². The van der Waals surface area contributed by atoms with E-state index >= 15 is 0 Å². The van der Waals surface area contributed by atoms with Crippen molar-refractivity contribution in [2.24, 2.45) is 5.10 Å². The molecule has 4 heteroatoms. The Labute approximate surface area is 125 Å². The summed E-state index contributed by atoms with van der Waals surface area (Å²) in [5, 5.41) is 3.37. The van der Waals surface area contributed by atoms with Crippen molar-refractivity contribution in [3.8, 4) is 0 Å². The van der Waals surface area contributed by atoms with Gasteiger partial charge >= 0.3 is 0 Å². The molecule has 0 aromatic carbocycles. The Balaban J connectivity index is 5.42. The largest absolute Gasteiger partial charge is 0.278 e. The van der Waals surface area contributed by atoms with Gasteiger partial charge < -0.3 is 0 Å². The van der Waals surface area contributed by atoms with E-state index in [1.54, 1.807) is 36.5 Å². The third kappa shape index (κ3) is 6.71. The molecule has 0 saturated heterocycles. The lowest BCUT2D eigenvalue weighted by Crippen LogP contribution is -2.16. The second kappa shape index (κ2) is 10.8. The molecule has 20 heavy (non-hydrogen) atoms. The minimum absolute atomic E-state index is 0.109. The summed E-state index contributed by atoms with van der Waals surface area (Å²) in [4.78, 5) is 11.5. The number of hydrazone groups is 1. The fourth-order valence-corrected chi connectivity index (χ4v) is 1.36. The standard InChI is InChI=1S/C16H19ClN2O/c1-5-9-12-14(8-4)18-19-15(16(17)20)13(10-6-2)11-7-3/h5-12,18H,2,4H2,1,3H3/b9-5-,11-7-,13-10+,14-12+,19-15-. The summed E-state index contributed by atoms with van der Waals surface area (Å²) in [5.41, 5.74) is 4.08. The zero-order valence-electron chi connectivity index (χ0n) is 11.8. The number of halogens is 1. The molecule has 3 nitrogen and oxygen atoms in total. The highest BCUT2D eigenvalue weighted by molar-refractivity contribution is 6.84. The van der Waals surface area contributed by atoms with Crippen molar-refractivity contribution in [1.82, 2.24) is 5.43 Å². The molecule has 0 aromatic heterocycles. The predicted molar refractivity (Wildman–Crippen MR) is 87.6 cm³/mol. The summed E-state index contributed by atoms with van der Waals surface area (Å²) >= 11 is 5.56. The quantitative estimate of drug-likeness (QED) is 0.317. The van der Waals surface area contributed by atoms with Gasteiger partial charge in [0.25, 0.3) is 5.24 Å². The van der Waals surface area contributed by atoms with Crippen molar-refractivity contribution in [3.05, 3.63) is 73.0 Å². The van der Waals surface area contributed by atoms with Gasteiger partial charge in [0.1, 0.15) is 5.71 Å². The molecule has 0 radical (unpaired) electrons. The van der Waals surface area contributed by atoms with Crippen molar-refractivity contribution in [2.75, 3.05) is 0 Å². The van der Waals surface area contributed by atoms with Gasteiger partial charge in [-0.2, -0.15) is 5.10 Å². The van der Waals surface area contributed by atoms with Crippen LogP contribution < -0.4 is 5.43 Å². The summed E-state index contributed by atoms with van der Waals surface area (Å²) < 4.78 is 0. The molecule has 0 aliphatic rings. The number of rotatable bonds is 8. The minimum Gasteiger partial charge on any atom is -0.278 e. The van der Waals surface area contributed by atoms with Crippen LogP contribution in [-0.4, -0.2) is 11.0 Å². The third-order valence-corrected chi connectivity index (χ3v) is 2.27. The first-order valence-corrected chi connectivity index (χ1v) is 6.43. The van der Waals surface area contributed by atoms with Crippen LogP contribution in [-0.2, 0) is 4.79 Å². The number of hydrogen-bond donors (Lipinski definition) is 1. The average Bonchev–Trinajstić information content (AvgIpc) is 2.42. The lowest BCUT2D eigenvalue weighted by molar-refractivity contribution is -0.106. The number of carbonyl (C=O) groups excluding carboxylic acids is 1. The van der Waals surface area contributed by atoms with E-state index in [0.29, 0.717) is 11.3 Å². The Morgan fingerprint density at radius 3 is 2.35 bits per heavy atom. The van der Waals surface area contributed by atoms with Gasteiger partial charge in [-0.1, -0.05) is 49.6 Å². The molecule has 0 aliphatic heterocycles. The van der Waals surface area contributed by atoms with Gasteiger partial charge in [-0.3, -0.25) is 10.2 Å². The van der Waals surface area contributed by atoms with Gasteiger partial charge in [0.15, 0.2) is 0 Å². The summed E-state index contributed by atoms with van der Waals surface area (Å²) in [6.07, 6.45) is 13.8. The first-order valence-electron chi connectivity index (χ1n) is 6.05. The zero-order chi connectivity index (χ0) is 15.4. The molecule has 106 valence electrons. The van der Waals surface area contributed by atoms with Crippen LogP contribution in [0.3, 0.4) is 0 Å². The maximum absolute atomic E-state index is 11.5. The number of nitrogens with one attached hydrogen (secondary N) is 1. The third-order valence-electron chi connectivity index (χ3n) is 2.09. The van der Waals surface area contributed by atoms with E-state index < -0.39 is 5.24 Å². The SMILES string of the molecule is C=C/C=C(\C=C/C)C(=N/N/C(C=C)=C/C=C\C)/C(=O)Cl. The summed E-state index contributed by atoms with van der Waals surface area (Å²) in [5.74, 6) is 0.